The van der Waals surface area contributed by atoms with Gasteiger partial charge < -0.3 is 14.6 Å². The lowest BCUT2D eigenvalue weighted by Crippen LogP contribution is -2.28. The molecule has 0 atom stereocenters. The molecule has 3 rings (SSSR count). The van der Waals surface area contributed by atoms with Gasteiger partial charge in [0.15, 0.2) is 0 Å². The normalized spacial score (nSPS) is 14.3. The molecular weight excluding hydrogens is 238 g/mol. The van der Waals surface area contributed by atoms with Crippen molar-refractivity contribution in [2.45, 2.75) is 26.9 Å². The lowest BCUT2D eigenvalue weighted by molar-refractivity contribution is 0.415. The molecule has 4 nitrogen and oxygen atoms in total. The van der Waals surface area contributed by atoms with E-state index in [1.54, 1.807) is 7.11 Å². The quantitative estimate of drug-likeness (QED) is 0.897. The third-order valence-corrected chi connectivity index (χ3v) is 3.63. The monoisotopic (exact) mass is 257 g/mol. The molecule has 0 spiro atoms. The fourth-order valence-corrected chi connectivity index (χ4v) is 2.75. The minimum Gasteiger partial charge on any atom is -0.496 e. The zero-order valence-corrected chi connectivity index (χ0v) is 11.7. The number of benzene rings is 1. The van der Waals surface area contributed by atoms with Gasteiger partial charge >= 0.3 is 0 Å². The average molecular weight is 257 g/mol. The summed E-state index contributed by atoms with van der Waals surface area (Å²) in [5, 5.41) is 3.36. The lowest BCUT2D eigenvalue weighted by atomic mass is 10.1. The summed E-state index contributed by atoms with van der Waals surface area (Å²) in [7, 11) is 1.72. The number of imidazole rings is 1. The third-order valence-electron chi connectivity index (χ3n) is 3.63. The first-order chi connectivity index (χ1) is 9.20. The van der Waals surface area contributed by atoms with Crippen LogP contribution in [0.5, 0.6) is 5.75 Å². The summed E-state index contributed by atoms with van der Waals surface area (Å²) in [4.78, 5) is 4.68. The Labute approximate surface area is 113 Å². The van der Waals surface area contributed by atoms with Crippen LogP contribution in [-0.4, -0.2) is 23.2 Å². The van der Waals surface area contributed by atoms with Crippen molar-refractivity contribution in [3.8, 4) is 17.0 Å². The Morgan fingerprint density at radius 2 is 2.16 bits per heavy atom. The lowest BCUT2D eigenvalue weighted by Gasteiger charge is -2.19. The third kappa shape index (κ3) is 2.02. The molecule has 1 aromatic heterocycles. The maximum absolute atomic E-state index is 5.51. The van der Waals surface area contributed by atoms with Gasteiger partial charge in [-0.25, -0.2) is 4.98 Å². The molecule has 1 N–H and O–H groups in total. The number of ether oxygens (including phenoxy) is 1. The zero-order chi connectivity index (χ0) is 13.4. The SMILES string of the molecule is COc1ccc(C)cc1-c1c(C)nc2n1CCNC2. The van der Waals surface area contributed by atoms with E-state index in [-0.39, 0.29) is 0 Å². The molecule has 0 amide bonds. The van der Waals surface area contributed by atoms with Crippen LogP contribution >= 0.6 is 0 Å². The van der Waals surface area contributed by atoms with Gasteiger partial charge in [0.2, 0.25) is 0 Å². The van der Waals surface area contributed by atoms with E-state index < -0.39 is 0 Å². The second kappa shape index (κ2) is 4.70. The van der Waals surface area contributed by atoms with Crippen molar-refractivity contribution in [3.05, 3.63) is 35.3 Å². The second-order valence-electron chi connectivity index (χ2n) is 4.99. The van der Waals surface area contributed by atoms with E-state index in [4.69, 9.17) is 4.74 Å². The summed E-state index contributed by atoms with van der Waals surface area (Å²) in [6.07, 6.45) is 0. The van der Waals surface area contributed by atoms with Gasteiger partial charge in [0.05, 0.1) is 25.0 Å². The van der Waals surface area contributed by atoms with Gasteiger partial charge in [0, 0.05) is 18.7 Å². The highest BCUT2D eigenvalue weighted by Crippen LogP contribution is 2.34. The van der Waals surface area contributed by atoms with Crippen LogP contribution in [0.1, 0.15) is 17.1 Å². The van der Waals surface area contributed by atoms with E-state index in [2.05, 4.69) is 40.8 Å². The molecule has 2 heterocycles. The highest BCUT2D eigenvalue weighted by Gasteiger charge is 2.20. The number of nitrogens with one attached hydrogen (secondary N) is 1. The van der Waals surface area contributed by atoms with E-state index >= 15 is 0 Å². The molecule has 0 aliphatic carbocycles. The van der Waals surface area contributed by atoms with Crippen LogP contribution < -0.4 is 10.1 Å². The van der Waals surface area contributed by atoms with Crippen LogP contribution in [-0.2, 0) is 13.1 Å². The Morgan fingerprint density at radius 3 is 2.95 bits per heavy atom. The van der Waals surface area contributed by atoms with Gasteiger partial charge in [-0.1, -0.05) is 11.6 Å². The highest BCUT2D eigenvalue weighted by atomic mass is 16.5. The van der Waals surface area contributed by atoms with Crippen LogP contribution in [0.3, 0.4) is 0 Å². The van der Waals surface area contributed by atoms with Gasteiger partial charge in [-0.2, -0.15) is 0 Å². The van der Waals surface area contributed by atoms with Gasteiger partial charge in [-0.05, 0) is 26.0 Å². The Morgan fingerprint density at radius 1 is 1.32 bits per heavy atom. The van der Waals surface area contributed by atoms with E-state index in [1.807, 2.05) is 6.07 Å². The summed E-state index contributed by atoms with van der Waals surface area (Å²) >= 11 is 0. The fraction of sp³-hybridized carbons (Fsp3) is 0.400. The minimum atomic E-state index is 0.842. The number of fused-ring (bicyclic) bond motifs is 1. The first kappa shape index (κ1) is 12.2. The van der Waals surface area contributed by atoms with Gasteiger partial charge in [0.1, 0.15) is 11.6 Å². The molecule has 0 radical (unpaired) electrons. The summed E-state index contributed by atoms with van der Waals surface area (Å²) in [6, 6.07) is 6.29. The van der Waals surface area contributed by atoms with E-state index in [0.29, 0.717) is 0 Å². The summed E-state index contributed by atoms with van der Waals surface area (Å²) < 4.78 is 7.82. The van der Waals surface area contributed by atoms with Gasteiger partial charge in [-0.15, -0.1) is 0 Å². The standard InChI is InChI=1S/C15H19N3O/c1-10-4-5-13(19-3)12(8-10)15-11(2)17-14-9-16-6-7-18(14)15/h4-5,8,16H,6-7,9H2,1-3H3. The minimum absolute atomic E-state index is 0.842. The molecular formula is C15H19N3O. The number of methoxy groups -OCH3 is 1. The van der Waals surface area contributed by atoms with E-state index in [9.17, 15) is 0 Å². The Balaban J connectivity index is 2.21. The highest BCUT2D eigenvalue weighted by molar-refractivity contribution is 5.71. The van der Waals surface area contributed by atoms with Crippen LogP contribution in [0.15, 0.2) is 18.2 Å². The van der Waals surface area contributed by atoms with Crippen LogP contribution in [0.2, 0.25) is 0 Å². The van der Waals surface area contributed by atoms with Crippen LogP contribution in [0.4, 0.5) is 0 Å². The Bertz CT molecular complexity index is 616. The molecule has 0 saturated heterocycles. The van der Waals surface area contributed by atoms with Crippen molar-refractivity contribution in [3.63, 3.8) is 0 Å². The predicted octanol–water partition coefficient (Wildman–Crippen LogP) is 2.28. The number of rotatable bonds is 2. The topological polar surface area (TPSA) is 39.1 Å². The molecule has 0 unspecified atom stereocenters. The fourth-order valence-electron chi connectivity index (χ4n) is 2.75. The summed E-state index contributed by atoms with van der Waals surface area (Å²) in [6.45, 7) is 6.97. The Hall–Kier alpha value is -1.81. The smallest absolute Gasteiger partial charge is 0.128 e. The molecule has 1 aromatic carbocycles. The van der Waals surface area contributed by atoms with Gasteiger partial charge in [-0.3, -0.25) is 0 Å². The van der Waals surface area contributed by atoms with Crippen molar-refractivity contribution >= 4 is 0 Å². The van der Waals surface area contributed by atoms with Gasteiger partial charge in [0.25, 0.3) is 0 Å². The van der Waals surface area contributed by atoms with Crippen LogP contribution in [0, 0.1) is 13.8 Å². The molecule has 2 aromatic rings. The average Bonchev–Trinajstić information content (AvgIpc) is 2.74. The maximum Gasteiger partial charge on any atom is 0.128 e. The molecule has 4 heteroatoms. The molecule has 1 aliphatic heterocycles. The van der Waals surface area contributed by atoms with Crippen molar-refractivity contribution in [2.24, 2.45) is 0 Å². The second-order valence-corrected chi connectivity index (χ2v) is 4.99. The largest absolute Gasteiger partial charge is 0.496 e. The first-order valence-electron chi connectivity index (χ1n) is 6.62. The summed E-state index contributed by atoms with van der Waals surface area (Å²) in [5.74, 6) is 2.03. The van der Waals surface area contributed by atoms with Crippen molar-refractivity contribution in [1.82, 2.24) is 14.9 Å². The van der Waals surface area contributed by atoms with Crippen molar-refractivity contribution in [2.75, 3.05) is 13.7 Å². The molecule has 1 aliphatic rings. The number of aromatic nitrogens is 2. The number of hydrogen-bond donors (Lipinski definition) is 1. The number of hydrogen-bond acceptors (Lipinski definition) is 3. The predicted molar refractivity (Wildman–Crippen MR) is 75.4 cm³/mol. The molecule has 100 valence electrons. The van der Waals surface area contributed by atoms with E-state index in [1.165, 1.54) is 11.3 Å². The Kier molecular flexibility index (Phi) is 3.03. The zero-order valence-electron chi connectivity index (χ0n) is 11.7. The van der Waals surface area contributed by atoms with Crippen molar-refractivity contribution in [1.29, 1.82) is 0 Å². The summed E-state index contributed by atoms with van der Waals surface area (Å²) in [5.41, 5.74) is 4.64. The maximum atomic E-state index is 5.51. The molecule has 0 bridgehead atoms. The molecule has 0 saturated carbocycles. The van der Waals surface area contributed by atoms with Crippen LogP contribution in [0.25, 0.3) is 11.3 Å². The number of aryl methyl sites for hydroxylation is 2. The molecule has 19 heavy (non-hydrogen) atoms. The van der Waals surface area contributed by atoms with E-state index in [0.717, 1.165) is 42.5 Å². The van der Waals surface area contributed by atoms with Crippen molar-refractivity contribution < 1.29 is 4.74 Å². The number of nitrogens with zero attached hydrogens (tertiary/aromatic N) is 2. The first-order valence-corrected chi connectivity index (χ1v) is 6.62. The molecule has 0 fully saturated rings.